The highest BCUT2D eigenvalue weighted by Crippen LogP contribution is 2.26. The third-order valence-corrected chi connectivity index (χ3v) is 3.48. The van der Waals surface area contributed by atoms with E-state index in [1.54, 1.807) is 19.2 Å². The van der Waals surface area contributed by atoms with E-state index in [1.165, 1.54) is 6.20 Å². The minimum absolute atomic E-state index is 0.263. The summed E-state index contributed by atoms with van der Waals surface area (Å²) in [5, 5.41) is 6.59. The predicted octanol–water partition coefficient (Wildman–Crippen LogP) is 3.91. The van der Waals surface area contributed by atoms with Gasteiger partial charge in [0.2, 0.25) is 0 Å². The van der Waals surface area contributed by atoms with Crippen molar-refractivity contribution in [2.75, 3.05) is 12.4 Å². The molecule has 0 aliphatic heterocycles. The van der Waals surface area contributed by atoms with E-state index in [-0.39, 0.29) is 5.91 Å². The van der Waals surface area contributed by atoms with E-state index in [4.69, 9.17) is 9.26 Å². The molecule has 1 aromatic heterocycles. The zero-order valence-corrected chi connectivity index (χ0v) is 12.9. The van der Waals surface area contributed by atoms with Gasteiger partial charge in [0.15, 0.2) is 5.76 Å². The summed E-state index contributed by atoms with van der Waals surface area (Å²) in [5.41, 5.74) is 3.00. The molecule has 2 aromatic carbocycles. The van der Waals surface area contributed by atoms with Crippen molar-refractivity contribution in [3.63, 3.8) is 0 Å². The van der Waals surface area contributed by atoms with Crippen molar-refractivity contribution >= 4 is 11.6 Å². The Morgan fingerprint density at radius 2 is 1.78 bits per heavy atom. The van der Waals surface area contributed by atoms with E-state index < -0.39 is 0 Å². The number of aryl methyl sites for hydroxylation is 1. The van der Waals surface area contributed by atoms with Gasteiger partial charge in [-0.05, 0) is 43.3 Å². The standard InChI is InChI=1S/C18H16N2O3/c1-12-3-7-14(8-4-12)20-18(21)16-11-19-23-17(16)13-5-9-15(22-2)10-6-13/h3-11H,1-2H3,(H,20,21). The SMILES string of the molecule is COc1ccc(-c2oncc2C(=O)Nc2ccc(C)cc2)cc1. The molecule has 0 fully saturated rings. The summed E-state index contributed by atoms with van der Waals surface area (Å²) in [6.45, 7) is 1.99. The zero-order valence-electron chi connectivity index (χ0n) is 12.9. The molecule has 1 N–H and O–H groups in total. The van der Waals surface area contributed by atoms with Crippen LogP contribution in [0.15, 0.2) is 59.3 Å². The molecule has 0 saturated carbocycles. The van der Waals surface area contributed by atoms with Crippen molar-refractivity contribution < 1.29 is 14.1 Å². The molecule has 0 unspecified atom stereocenters. The summed E-state index contributed by atoms with van der Waals surface area (Å²) in [6, 6.07) is 14.8. The summed E-state index contributed by atoms with van der Waals surface area (Å²) in [6.07, 6.45) is 1.42. The van der Waals surface area contributed by atoms with Crippen LogP contribution in [0.3, 0.4) is 0 Å². The Morgan fingerprint density at radius 3 is 2.43 bits per heavy atom. The van der Waals surface area contributed by atoms with Gasteiger partial charge in [0.25, 0.3) is 5.91 Å². The number of hydrogen-bond acceptors (Lipinski definition) is 4. The summed E-state index contributed by atoms with van der Waals surface area (Å²) in [5.74, 6) is 0.900. The van der Waals surface area contributed by atoms with Crippen LogP contribution in [0, 0.1) is 6.92 Å². The monoisotopic (exact) mass is 308 g/mol. The maximum atomic E-state index is 12.4. The lowest BCUT2D eigenvalue weighted by Gasteiger charge is -2.06. The van der Waals surface area contributed by atoms with Crippen LogP contribution < -0.4 is 10.1 Å². The van der Waals surface area contributed by atoms with Gasteiger partial charge in [0.1, 0.15) is 11.3 Å². The minimum atomic E-state index is -0.263. The molecule has 0 radical (unpaired) electrons. The van der Waals surface area contributed by atoms with E-state index in [0.717, 1.165) is 22.6 Å². The highest BCUT2D eigenvalue weighted by molar-refractivity contribution is 6.07. The fraction of sp³-hybridized carbons (Fsp3) is 0.111. The average Bonchev–Trinajstić information content (AvgIpc) is 3.07. The number of benzene rings is 2. The molecule has 23 heavy (non-hydrogen) atoms. The number of carbonyl (C=O) groups is 1. The molecule has 5 nitrogen and oxygen atoms in total. The fourth-order valence-electron chi connectivity index (χ4n) is 2.19. The molecule has 0 aliphatic rings. The second-order valence-electron chi connectivity index (χ2n) is 5.12. The number of methoxy groups -OCH3 is 1. The van der Waals surface area contributed by atoms with E-state index in [2.05, 4.69) is 10.5 Å². The van der Waals surface area contributed by atoms with Crippen molar-refractivity contribution in [1.29, 1.82) is 0 Å². The number of carbonyl (C=O) groups excluding carboxylic acids is 1. The van der Waals surface area contributed by atoms with E-state index in [0.29, 0.717) is 11.3 Å². The number of anilines is 1. The van der Waals surface area contributed by atoms with Crippen LogP contribution in [0.2, 0.25) is 0 Å². The molecule has 5 heteroatoms. The summed E-state index contributed by atoms with van der Waals surface area (Å²) in [4.78, 5) is 12.4. The van der Waals surface area contributed by atoms with Gasteiger partial charge in [0.05, 0.1) is 13.3 Å². The Kier molecular flexibility index (Phi) is 4.10. The average molecular weight is 308 g/mol. The van der Waals surface area contributed by atoms with Crippen LogP contribution in [0.5, 0.6) is 5.75 Å². The fourth-order valence-corrected chi connectivity index (χ4v) is 2.19. The molecule has 3 rings (SSSR count). The first-order valence-electron chi connectivity index (χ1n) is 7.14. The number of ether oxygens (including phenoxy) is 1. The first kappa shape index (κ1) is 14.8. The van der Waals surface area contributed by atoms with Crippen molar-refractivity contribution in [2.24, 2.45) is 0 Å². The number of nitrogens with one attached hydrogen (secondary N) is 1. The van der Waals surface area contributed by atoms with Gasteiger partial charge >= 0.3 is 0 Å². The molecule has 3 aromatic rings. The third-order valence-electron chi connectivity index (χ3n) is 3.48. The van der Waals surface area contributed by atoms with Gasteiger partial charge in [0, 0.05) is 11.3 Å². The van der Waals surface area contributed by atoms with Crippen LogP contribution in [0.4, 0.5) is 5.69 Å². The Morgan fingerprint density at radius 1 is 1.09 bits per heavy atom. The topological polar surface area (TPSA) is 64.4 Å². The first-order chi connectivity index (χ1) is 11.2. The highest BCUT2D eigenvalue weighted by Gasteiger charge is 2.18. The van der Waals surface area contributed by atoms with Gasteiger partial charge in [-0.25, -0.2) is 0 Å². The summed E-state index contributed by atoms with van der Waals surface area (Å²) >= 11 is 0. The molecule has 116 valence electrons. The zero-order chi connectivity index (χ0) is 16.2. The molecular formula is C18H16N2O3. The second kappa shape index (κ2) is 6.36. The lowest BCUT2D eigenvalue weighted by Crippen LogP contribution is -2.11. The first-order valence-corrected chi connectivity index (χ1v) is 7.14. The maximum Gasteiger partial charge on any atom is 0.261 e. The van der Waals surface area contributed by atoms with Gasteiger partial charge in [-0.15, -0.1) is 0 Å². The molecule has 0 bridgehead atoms. The number of amides is 1. The largest absolute Gasteiger partial charge is 0.497 e. The minimum Gasteiger partial charge on any atom is -0.497 e. The number of aromatic nitrogens is 1. The molecule has 0 saturated heterocycles. The highest BCUT2D eigenvalue weighted by atomic mass is 16.5. The molecule has 1 amide bonds. The van der Waals surface area contributed by atoms with Gasteiger partial charge in [-0.3, -0.25) is 4.79 Å². The Bertz CT molecular complexity index is 805. The van der Waals surface area contributed by atoms with Crippen LogP contribution in [-0.4, -0.2) is 18.2 Å². The Labute approximate surface area is 133 Å². The molecule has 0 aliphatic carbocycles. The van der Waals surface area contributed by atoms with Crippen LogP contribution >= 0.6 is 0 Å². The van der Waals surface area contributed by atoms with Crippen molar-refractivity contribution in [2.45, 2.75) is 6.92 Å². The van der Waals surface area contributed by atoms with E-state index >= 15 is 0 Å². The Hall–Kier alpha value is -3.08. The van der Waals surface area contributed by atoms with Crippen molar-refractivity contribution in [3.05, 3.63) is 65.9 Å². The number of nitrogens with zero attached hydrogens (tertiary/aromatic N) is 1. The smallest absolute Gasteiger partial charge is 0.261 e. The summed E-state index contributed by atoms with van der Waals surface area (Å²) < 4.78 is 10.4. The number of hydrogen-bond donors (Lipinski definition) is 1. The second-order valence-corrected chi connectivity index (χ2v) is 5.12. The van der Waals surface area contributed by atoms with Crippen molar-refractivity contribution in [1.82, 2.24) is 5.16 Å². The molecular weight excluding hydrogens is 292 g/mol. The number of rotatable bonds is 4. The molecule has 1 heterocycles. The third kappa shape index (κ3) is 3.23. The lowest BCUT2D eigenvalue weighted by molar-refractivity contribution is 0.102. The van der Waals surface area contributed by atoms with Crippen LogP contribution in [0.1, 0.15) is 15.9 Å². The summed E-state index contributed by atoms with van der Waals surface area (Å²) in [7, 11) is 1.60. The van der Waals surface area contributed by atoms with Crippen LogP contribution in [-0.2, 0) is 0 Å². The maximum absolute atomic E-state index is 12.4. The normalized spacial score (nSPS) is 10.3. The van der Waals surface area contributed by atoms with Gasteiger partial charge in [-0.1, -0.05) is 22.9 Å². The van der Waals surface area contributed by atoms with Gasteiger partial charge in [-0.2, -0.15) is 0 Å². The molecule has 0 atom stereocenters. The van der Waals surface area contributed by atoms with Crippen LogP contribution in [0.25, 0.3) is 11.3 Å². The Balaban J connectivity index is 1.84. The molecule has 0 spiro atoms. The lowest BCUT2D eigenvalue weighted by atomic mass is 10.1. The van der Waals surface area contributed by atoms with Crippen molar-refractivity contribution in [3.8, 4) is 17.1 Å². The van der Waals surface area contributed by atoms with E-state index in [1.807, 2.05) is 43.3 Å². The van der Waals surface area contributed by atoms with E-state index in [9.17, 15) is 4.79 Å². The quantitative estimate of drug-likeness (QED) is 0.793. The van der Waals surface area contributed by atoms with Gasteiger partial charge < -0.3 is 14.6 Å². The predicted molar refractivity (Wildman–Crippen MR) is 87.6 cm³/mol.